The molecule has 1 saturated heterocycles. The van der Waals surface area contributed by atoms with Crippen LogP contribution < -0.4 is 5.32 Å². The van der Waals surface area contributed by atoms with Gasteiger partial charge in [-0.1, -0.05) is 6.07 Å². The Morgan fingerprint density at radius 2 is 2.25 bits per heavy atom. The van der Waals surface area contributed by atoms with Gasteiger partial charge in [-0.3, -0.25) is 9.69 Å². The van der Waals surface area contributed by atoms with E-state index in [1.807, 2.05) is 31.2 Å². The summed E-state index contributed by atoms with van der Waals surface area (Å²) in [5.41, 5.74) is 0.254. The third-order valence-corrected chi connectivity index (χ3v) is 4.30. The maximum Gasteiger partial charge on any atom is 0.238 e. The van der Waals surface area contributed by atoms with Crippen LogP contribution in [0.2, 0.25) is 0 Å². The number of nitrogens with one attached hydrogen (secondary N) is 1. The normalized spacial score (nSPS) is 24.1. The summed E-state index contributed by atoms with van der Waals surface area (Å²) in [4.78, 5) is 14.2. The van der Waals surface area contributed by atoms with Crippen molar-refractivity contribution in [3.05, 3.63) is 27.8 Å². The van der Waals surface area contributed by atoms with Crippen molar-refractivity contribution in [2.45, 2.75) is 31.8 Å². The number of carbonyl (C=O) groups is 1. The molecule has 1 aliphatic heterocycles. The molecule has 5 heteroatoms. The number of amides is 1. The average molecular weight is 388 g/mol. The van der Waals surface area contributed by atoms with E-state index in [-0.39, 0.29) is 5.91 Å². The van der Waals surface area contributed by atoms with Crippen LogP contribution in [0.25, 0.3) is 0 Å². The lowest BCUT2D eigenvalue weighted by Crippen LogP contribution is -2.35. The molecule has 1 atom stereocenters. The lowest BCUT2D eigenvalue weighted by atomic mass is 9.98. The van der Waals surface area contributed by atoms with Crippen molar-refractivity contribution in [3.8, 4) is 0 Å². The molecular formula is C15H21IN2O2. The number of carbonyl (C=O) groups excluding carboxylic acids is 1. The van der Waals surface area contributed by atoms with E-state index in [0.717, 1.165) is 41.6 Å². The van der Waals surface area contributed by atoms with Crippen LogP contribution in [0.1, 0.15) is 26.2 Å². The number of likely N-dealkylation sites (tertiary alicyclic amines) is 1. The van der Waals surface area contributed by atoms with Crippen molar-refractivity contribution in [3.63, 3.8) is 0 Å². The number of aliphatic hydroxyl groups is 1. The first kappa shape index (κ1) is 15.7. The predicted molar refractivity (Wildman–Crippen MR) is 88.7 cm³/mol. The Morgan fingerprint density at radius 3 is 3.00 bits per heavy atom. The number of anilines is 1. The lowest BCUT2D eigenvalue weighted by Gasteiger charge is -2.22. The van der Waals surface area contributed by atoms with Crippen molar-refractivity contribution in [2.24, 2.45) is 0 Å². The smallest absolute Gasteiger partial charge is 0.238 e. The summed E-state index contributed by atoms with van der Waals surface area (Å²) in [6, 6.07) is 7.77. The molecular weight excluding hydrogens is 367 g/mol. The third-order valence-electron chi connectivity index (χ3n) is 3.63. The van der Waals surface area contributed by atoms with Crippen LogP contribution >= 0.6 is 22.6 Å². The summed E-state index contributed by atoms with van der Waals surface area (Å²) >= 11 is 2.23. The molecule has 1 unspecified atom stereocenters. The van der Waals surface area contributed by atoms with E-state index in [1.165, 1.54) is 0 Å². The first-order valence-corrected chi connectivity index (χ1v) is 8.03. The first-order valence-electron chi connectivity index (χ1n) is 6.95. The van der Waals surface area contributed by atoms with Crippen LogP contribution in [0.5, 0.6) is 0 Å². The molecule has 0 aromatic heterocycles. The SMILES string of the molecule is CC1(O)CCCN(CC(=O)Nc2cccc(I)c2)CC1. The number of hydrogen-bond acceptors (Lipinski definition) is 3. The van der Waals surface area contributed by atoms with Crippen LogP contribution in [-0.2, 0) is 4.79 Å². The molecule has 110 valence electrons. The minimum atomic E-state index is -0.583. The minimum absolute atomic E-state index is 0.00791. The van der Waals surface area contributed by atoms with Crippen molar-refractivity contribution in [1.29, 1.82) is 0 Å². The van der Waals surface area contributed by atoms with E-state index in [4.69, 9.17) is 0 Å². The summed E-state index contributed by atoms with van der Waals surface area (Å²) in [5.74, 6) is 0.00791. The molecule has 0 saturated carbocycles. The molecule has 0 spiro atoms. The van der Waals surface area contributed by atoms with Gasteiger partial charge in [0.05, 0.1) is 12.1 Å². The second-order valence-electron chi connectivity index (χ2n) is 5.69. The number of halogens is 1. The van der Waals surface area contributed by atoms with Gasteiger partial charge in [-0.25, -0.2) is 0 Å². The van der Waals surface area contributed by atoms with E-state index in [1.54, 1.807) is 0 Å². The average Bonchev–Trinajstić information content (AvgIpc) is 2.51. The van der Waals surface area contributed by atoms with E-state index in [2.05, 4.69) is 32.8 Å². The Kier molecular flexibility index (Phi) is 5.40. The number of hydrogen-bond donors (Lipinski definition) is 2. The zero-order valence-corrected chi connectivity index (χ0v) is 13.9. The maximum absolute atomic E-state index is 12.0. The zero-order valence-electron chi connectivity index (χ0n) is 11.7. The van der Waals surface area contributed by atoms with Crippen LogP contribution in [0.3, 0.4) is 0 Å². The lowest BCUT2D eigenvalue weighted by molar-refractivity contribution is -0.117. The quantitative estimate of drug-likeness (QED) is 0.783. The minimum Gasteiger partial charge on any atom is -0.390 e. The monoisotopic (exact) mass is 388 g/mol. The molecule has 1 heterocycles. The van der Waals surface area contributed by atoms with Gasteiger partial charge in [0.15, 0.2) is 0 Å². The Bertz CT molecular complexity index is 477. The van der Waals surface area contributed by atoms with Gasteiger partial charge in [-0.2, -0.15) is 0 Å². The summed E-state index contributed by atoms with van der Waals surface area (Å²) in [7, 11) is 0. The molecule has 0 bridgehead atoms. The molecule has 1 aromatic carbocycles. The van der Waals surface area contributed by atoms with Gasteiger partial charge in [-0.05, 0) is 73.5 Å². The summed E-state index contributed by atoms with van der Waals surface area (Å²) in [6.45, 7) is 3.91. The van der Waals surface area contributed by atoms with E-state index in [0.29, 0.717) is 6.54 Å². The number of nitrogens with zero attached hydrogens (tertiary/aromatic N) is 1. The highest BCUT2D eigenvalue weighted by molar-refractivity contribution is 14.1. The Labute approximate surface area is 133 Å². The van der Waals surface area contributed by atoms with Crippen molar-refractivity contribution < 1.29 is 9.90 Å². The standard InChI is InChI=1S/C15H21IN2O2/c1-15(20)6-3-8-18(9-7-15)11-14(19)17-13-5-2-4-12(16)10-13/h2,4-5,10,20H,3,6-9,11H2,1H3,(H,17,19). The molecule has 1 fully saturated rings. The highest BCUT2D eigenvalue weighted by Crippen LogP contribution is 2.21. The molecule has 4 nitrogen and oxygen atoms in total. The van der Waals surface area contributed by atoms with Gasteiger partial charge in [0.25, 0.3) is 0 Å². The van der Waals surface area contributed by atoms with Gasteiger partial charge < -0.3 is 10.4 Å². The van der Waals surface area contributed by atoms with Crippen molar-refractivity contribution in [1.82, 2.24) is 4.90 Å². The zero-order chi connectivity index (χ0) is 14.6. The van der Waals surface area contributed by atoms with Gasteiger partial charge in [-0.15, -0.1) is 0 Å². The molecule has 2 rings (SSSR count). The van der Waals surface area contributed by atoms with Crippen LogP contribution in [0.4, 0.5) is 5.69 Å². The summed E-state index contributed by atoms with van der Waals surface area (Å²) in [5, 5.41) is 13.0. The van der Waals surface area contributed by atoms with Crippen LogP contribution in [-0.4, -0.2) is 41.1 Å². The predicted octanol–water partition coefficient (Wildman–Crippen LogP) is 2.47. The molecule has 2 N–H and O–H groups in total. The fourth-order valence-electron chi connectivity index (χ4n) is 2.45. The van der Waals surface area contributed by atoms with Crippen molar-refractivity contribution in [2.75, 3.05) is 25.0 Å². The number of benzene rings is 1. The largest absolute Gasteiger partial charge is 0.390 e. The second kappa shape index (κ2) is 6.87. The van der Waals surface area contributed by atoms with Crippen molar-refractivity contribution >= 4 is 34.2 Å². The first-order chi connectivity index (χ1) is 9.44. The van der Waals surface area contributed by atoms with E-state index in [9.17, 15) is 9.90 Å². The van der Waals surface area contributed by atoms with E-state index < -0.39 is 5.60 Å². The van der Waals surface area contributed by atoms with Gasteiger partial charge in [0.1, 0.15) is 0 Å². The molecule has 1 aliphatic rings. The number of rotatable bonds is 3. The molecule has 20 heavy (non-hydrogen) atoms. The van der Waals surface area contributed by atoms with E-state index >= 15 is 0 Å². The second-order valence-corrected chi connectivity index (χ2v) is 6.93. The van der Waals surface area contributed by atoms with Gasteiger partial charge in [0, 0.05) is 15.8 Å². The Hall–Kier alpha value is -0.660. The molecule has 0 aliphatic carbocycles. The summed E-state index contributed by atoms with van der Waals surface area (Å²) in [6.07, 6.45) is 2.47. The maximum atomic E-state index is 12.0. The highest BCUT2D eigenvalue weighted by Gasteiger charge is 2.25. The van der Waals surface area contributed by atoms with Gasteiger partial charge in [0.2, 0.25) is 5.91 Å². The van der Waals surface area contributed by atoms with Crippen LogP contribution in [0.15, 0.2) is 24.3 Å². The van der Waals surface area contributed by atoms with Crippen LogP contribution in [0, 0.1) is 3.57 Å². The van der Waals surface area contributed by atoms with Gasteiger partial charge >= 0.3 is 0 Å². The highest BCUT2D eigenvalue weighted by atomic mass is 127. The Morgan fingerprint density at radius 1 is 1.45 bits per heavy atom. The fraction of sp³-hybridized carbons (Fsp3) is 0.533. The summed E-state index contributed by atoms with van der Waals surface area (Å²) < 4.78 is 1.10. The molecule has 0 radical (unpaired) electrons. The fourth-order valence-corrected chi connectivity index (χ4v) is 2.99. The topological polar surface area (TPSA) is 52.6 Å². The third kappa shape index (κ3) is 5.03. The molecule has 1 aromatic rings. The molecule has 1 amide bonds. The Balaban J connectivity index is 1.85.